The van der Waals surface area contributed by atoms with E-state index in [0.29, 0.717) is 12.1 Å². The Morgan fingerprint density at radius 3 is 2.26 bits per heavy atom. The number of aromatic nitrogens is 1. The number of ether oxygens (including phenoxy) is 3. The molecule has 1 unspecified atom stereocenters. The van der Waals surface area contributed by atoms with Crippen molar-refractivity contribution in [3.8, 4) is 0 Å². The van der Waals surface area contributed by atoms with Crippen molar-refractivity contribution in [3.63, 3.8) is 0 Å². The molecule has 19 heavy (non-hydrogen) atoms. The Labute approximate surface area is 112 Å². The van der Waals surface area contributed by atoms with Crippen molar-refractivity contribution < 1.29 is 23.8 Å². The van der Waals surface area contributed by atoms with Crippen molar-refractivity contribution >= 4 is 11.9 Å². The summed E-state index contributed by atoms with van der Waals surface area (Å²) in [5.41, 5.74) is 2.83. The molecule has 106 valence electrons. The van der Waals surface area contributed by atoms with E-state index in [4.69, 9.17) is 9.47 Å². The molecule has 0 aromatic carbocycles. The van der Waals surface area contributed by atoms with Crippen LogP contribution in [0.2, 0.25) is 0 Å². The summed E-state index contributed by atoms with van der Waals surface area (Å²) in [6.45, 7) is 3.63. The minimum Gasteiger partial charge on any atom is -0.467 e. The highest BCUT2D eigenvalue weighted by atomic mass is 16.6. The van der Waals surface area contributed by atoms with E-state index >= 15 is 0 Å². The lowest BCUT2D eigenvalue weighted by molar-refractivity contribution is -0.152. The fourth-order valence-corrected chi connectivity index (χ4v) is 1.98. The van der Waals surface area contributed by atoms with Crippen molar-refractivity contribution in [3.05, 3.63) is 22.5 Å². The predicted octanol–water partition coefficient (Wildman–Crippen LogP) is 1.15. The zero-order chi connectivity index (χ0) is 14.6. The summed E-state index contributed by atoms with van der Waals surface area (Å²) in [5, 5.41) is 0. The maximum atomic E-state index is 11.6. The Balaban J connectivity index is 3.04. The second-order valence-electron chi connectivity index (χ2n) is 4.17. The van der Waals surface area contributed by atoms with Crippen LogP contribution in [0.3, 0.4) is 0 Å². The lowest BCUT2D eigenvalue weighted by Gasteiger charge is -2.13. The van der Waals surface area contributed by atoms with Gasteiger partial charge >= 0.3 is 11.9 Å². The van der Waals surface area contributed by atoms with Gasteiger partial charge in [0.25, 0.3) is 0 Å². The van der Waals surface area contributed by atoms with Crippen molar-refractivity contribution in [2.45, 2.75) is 26.4 Å². The Morgan fingerprint density at radius 1 is 1.16 bits per heavy atom. The fourth-order valence-electron chi connectivity index (χ4n) is 1.98. The summed E-state index contributed by atoms with van der Waals surface area (Å²) < 4.78 is 14.5. The highest BCUT2D eigenvalue weighted by molar-refractivity contribution is 5.89. The van der Waals surface area contributed by atoms with Gasteiger partial charge in [-0.15, -0.1) is 0 Å². The second-order valence-corrected chi connectivity index (χ2v) is 4.17. The molecule has 0 aliphatic carbocycles. The maximum Gasteiger partial charge on any atom is 0.354 e. The van der Waals surface area contributed by atoms with Crippen LogP contribution in [-0.4, -0.2) is 44.4 Å². The largest absolute Gasteiger partial charge is 0.467 e. The number of methoxy groups -OCH3 is 3. The first-order chi connectivity index (χ1) is 8.96. The van der Waals surface area contributed by atoms with Gasteiger partial charge in [0, 0.05) is 19.2 Å². The van der Waals surface area contributed by atoms with Crippen LogP contribution in [0.25, 0.3) is 0 Å². The van der Waals surface area contributed by atoms with E-state index in [1.807, 2.05) is 6.92 Å². The number of H-pyrrole nitrogens is 1. The number of esters is 2. The molecule has 0 saturated heterocycles. The number of hydrogen-bond donors (Lipinski definition) is 1. The molecule has 0 aliphatic rings. The van der Waals surface area contributed by atoms with Crippen LogP contribution in [0, 0.1) is 13.8 Å². The predicted molar refractivity (Wildman–Crippen MR) is 68.1 cm³/mol. The zero-order valence-electron chi connectivity index (χ0n) is 11.8. The van der Waals surface area contributed by atoms with E-state index in [9.17, 15) is 9.59 Å². The molecule has 1 atom stereocenters. The van der Waals surface area contributed by atoms with E-state index in [2.05, 4.69) is 9.72 Å². The monoisotopic (exact) mass is 269 g/mol. The number of aryl methyl sites for hydroxylation is 1. The van der Waals surface area contributed by atoms with Gasteiger partial charge in [0.1, 0.15) is 5.69 Å². The highest BCUT2D eigenvalue weighted by Crippen LogP contribution is 2.21. The Hall–Kier alpha value is -1.82. The summed E-state index contributed by atoms with van der Waals surface area (Å²) in [4.78, 5) is 26.1. The molecular formula is C13H19NO5. The van der Waals surface area contributed by atoms with Gasteiger partial charge in [0.2, 0.25) is 0 Å². The highest BCUT2D eigenvalue weighted by Gasteiger charge is 2.24. The maximum absolute atomic E-state index is 11.6. The molecule has 0 spiro atoms. The third kappa shape index (κ3) is 3.14. The number of nitrogens with one attached hydrogen (secondary N) is 1. The average molecular weight is 269 g/mol. The van der Waals surface area contributed by atoms with Crippen molar-refractivity contribution in [1.82, 2.24) is 4.98 Å². The van der Waals surface area contributed by atoms with Gasteiger partial charge in [-0.3, -0.25) is 0 Å². The Bertz CT molecular complexity index is 478. The molecule has 1 rings (SSSR count). The quantitative estimate of drug-likeness (QED) is 0.811. The van der Waals surface area contributed by atoms with Crippen molar-refractivity contribution in [2.75, 3.05) is 21.3 Å². The van der Waals surface area contributed by atoms with Crippen LogP contribution in [0.1, 0.15) is 27.3 Å². The van der Waals surface area contributed by atoms with Crippen LogP contribution < -0.4 is 0 Å². The summed E-state index contributed by atoms with van der Waals surface area (Å²) in [6.07, 6.45) is -0.349. The minimum absolute atomic E-state index is 0.342. The molecule has 0 fully saturated rings. The van der Waals surface area contributed by atoms with Gasteiger partial charge in [-0.25, -0.2) is 9.59 Å². The molecule has 1 aromatic heterocycles. The molecule has 0 radical (unpaired) electrons. The van der Waals surface area contributed by atoms with Crippen LogP contribution in [0.4, 0.5) is 0 Å². The number of hydrogen-bond acceptors (Lipinski definition) is 5. The van der Waals surface area contributed by atoms with E-state index in [0.717, 1.165) is 16.8 Å². The standard InChI is InChI=1S/C13H19NO5/c1-7-9(6-10(17-3)12(15)18-4)8(2)14-11(7)13(16)19-5/h10,14H,6H2,1-5H3. The number of aromatic amines is 1. The summed E-state index contributed by atoms with van der Waals surface area (Å²) in [6, 6.07) is 0. The van der Waals surface area contributed by atoms with Crippen molar-refractivity contribution in [2.24, 2.45) is 0 Å². The number of carbonyl (C=O) groups is 2. The fraction of sp³-hybridized carbons (Fsp3) is 0.538. The van der Waals surface area contributed by atoms with E-state index in [1.54, 1.807) is 6.92 Å². The second kappa shape index (κ2) is 6.38. The lowest BCUT2D eigenvalue weighted by Crippen LogP contribution is -2.27. The van der Waals surface area contributed by atoms with Gasteiger partial charge < -0.3 is 19.2 Å². The summed E-state index contributed by atoms with van der Waals surface area (Å²) in [7, 11) is 4.08. The Kier molecular flexibility index (Phi) is 5.11. The molecule has 1 N–H and O–H groups in total. The van der Waals surface area contributed by atoms with Gasteiger partial charge in [-0.2, -0.15) is 0 Å². The SMILES string of the molecule is COC(=O)c1[nH]c(C)c(CC(OC)C(=O)OC)c1C. The van der Waals surface area contributed by atoms with Crippen LogP contribution in [0.5, 0.6) is 0 Å². The summed E-state index contributed by atoms with van der Waals surface area (Å²) >= 11 is 0. The molecule has 0 saturated carbocycles. The van der Waals surface area contributed by atoms with E-state index in [1.165, 1.54) is 21.3 Å². The molecule has 0 amide bonds. The first-order valence-corrected chi connectivity index (χ1v) is 5.83. The first-order valence-electron chi connectivity index (χ1n) is 5.83. The van der Waals surface area contributed by atoms with Crippen LogP contribution >= 0.6 is 0 Å². The van der Waals surface area contributed by atoms with Gasteiger partial charge in [-0.1, -0.05) is 0 Å². The van der Waals surface area contributed by atoms with E-state index in [-0.39, 0.29) is 0 Å². The smallest absolute Gasteiger partial charge is 0.354 e. The third-order valence-electron chi connectivity index (χ3n) is 3.12. The molecule has 6 heteroatoms. The molecule has 1 aromatic rings. The molecular weight excluding hydrogens is 250 g/mol. The number of carbonyl (C=O) groups excluding carboxylic acids is 2. The summed E-state index contributed by atoms with van der Waals surface area (Å²) in [5.74, 6) is -0.874. The Morgan fingerprint density at radius 2 is 1.79 bits per heavy atom. The molecule has 6 nitrogen and oxygen atoms in total. The lowest BCUT2D eigenvalue weighted by atomic mass is 10.0. The van der Waals surface area contributed by atoms with Gasteiger partial charge in [0.15, 0.2) is 6.10 Å². The van der Waals surface area contributed by atoms with Gasteiger partial charge in [-0.05, 0) is 25.0 Å². The number of rotatable bonds is 5. The van der Waals surface area contributed by atoms with E-state index < -0.39 is 18.0 Å². The normalized spacial score (nSPS) is 12.1. The van der Waals surface area contributed by atoms with Crippen LogP contribution in [0.15, 0.2) is 0 Å². The topological polar surface area (TPSA) is 77.6 Å². The average Bonchev–Trinajstić information content (AvgIpc) is 2.70. The molecule has 0 aliphatic heterocycles. The molecule has 1 heterocycles. The zero-order valence-corrected chi connectivity index (χ0v) is 11.8. The van der Waals surface area contributed by atoms with Gasteiger partial charge in [0.05, 0.1) is 14.2 Å². The minimum atomic E-state index is -0.691. The first kappa shape index (κ1) is 15.2. The molecule has 0 bridgehead atoms. The third-order valence-corrected chi connectivity index (χ3v) is 3.12. The van der Waals surface area contributed by atoms with Crippen LogP contribution in [-0.2, 0) is 25.4 Å². The van der Waals surface area contributed by atoms with Crippen molar-refractivity contribution in [1.29, 1.82) is 0 Å².